The molecule has 2 N–H and O–H groups in total. The molecular formula is C21H25FN4. The summed E-state index contributed by atoms with van der Waals surface area (Å²) in [7, 11) is 1.74. The van der Waals surface area contributed by atoms with Crippen LogP contribution in [0.2, 0.25) is 0 Å². The summed E-state index contributed by atoms with van der Waals surface area (Å²) < 4.78 is 13.6. The maximum Gasteiger partial charge on any atom is 0.191 e. The number of nitrogens with zero attached hydrogens (tertiary/aromatic N) is 2. The molecule has 5 heteroatoms. The maximum absolute atomic E-state index is 13.6. The molecule has 0 unspecified atom stereocenters. The topological polar surface area (TPSA) is 39.7 Å². The van der Waals surface area contributed by atoms with Gasteiger partial charge in [0, 0.05) is 38.9 Å². The smallest absolute Gasteiger partial charge is 0.191 e. The predicted octanol–water partition coefficient (Wildman–Crippen LogP) is 3.11. The van der Waals surface area contributed by atoms with E-state index in [0.29, 0.717) is 25.1 Å². The molecule has 0 atom stereocenters. The fourth-order valence-electron chi connectivity index (χ4n) is 2.98. The lowest BCUT2D eigenvalue weighted by molar-refractivity contribution is 0.606. The van der Waals surface area contributed by atoms with E-state index in [4.69, 9.17) is 0 Å². The highest BCUT2D eigenvalue weighted by Gasteiger charge is 2.08. The second-order valence-corrected chi connectivity index (χ2v) is 6.24. The number of hydrogen-bond acceptors (Lipinski definition) is 2. The maximum atomic E-state index is 13.6. The van der Waals surface area contributed by atoms with Crippen molar-refractivity contribution in [3.05, 3.63) is 77.6 Å². The predicted molar refractivity (Wildman–Crippen MR) is 106 cm³/mol. The van der Waals surface area contributed by atoms with Crippen LogP contribution in [-0.4, -0.2) is 32.6 Å². The Bertz CT molecular complexity index is 777. The number of hydrogen-bond donors (Lipinski definition) is 2. The lowest BCUT2D eigenvalue weighted by Gasteiger charge is -2.19. The van der Waals surface area contributed by atoms with Crippen LogP contribution >= 0.6 is 0 Å². The molecular weight excluding hydrogens is 327 g/mol. The van der Waals surface area contributed by atoms with Crippen LogP contribution in [0.25, 0.3) is 0 Å². The zero-order chi connectivity index (χ0) is 18.2. The second kappa shape index (κ2) is 9.04. The standard InChI is InChI=1S/C21H25FN4/c1-23-21(24-12-11-18-8-2-3-10-20(18)22)25-16-17-7-6-9-19(15-17)26-13-4-5-14-26/h2-10,15H,11-14,16H2,1H3,(H2,23,24,25). The number of aliphatic imine (C=N–C) groups is 1. The molecule has 0 spiro atoms. The normalized spacial score (nSPS) is 13.9. The SMILES string of the molecule is CN=C(NCCc1ccccc1F)NCc1cccc(N2CC=CC2)c1. The molecule has 0 saturated carbocycles. The van der Waals surface area contributed by atoms with Crippen LogP contribution in [0.15, 0.2) is 65.7 Å². The molecule has 1 aliphatic rings. The average molecular weight is 352 g/mol. The Balaban J connectivity index is 1.48. The molecule has 2 aromatic rings. The van der Waals surface area contributed by atoms with Gasteiger partial charge in [-0.05, 0) is 35.7 Å². The minimum atomic E-state index is -0.162. The first-order valence-corrected chi connectivity index (χ1v) is 8.93. The van der Waals surface area contributed by atoms with E-state index in [2.05, 4.69) is 56.9 Å². The molecule has 0 aromatic heterocycles. The fourth-order valence-corrected chi connectivity index (χ4v) is 2.98. The van der Waals surface area contributed by atoms with Gasteiger partial charge in [0.15, 0.2) is 5.96 Å². The zero-order valence-electron chi connectivity index (χ0n) is 15.1. The Labute approximate surface area is 154 Å². The van der Waals surface area contributed by atoms with Crippen molar-refractivity contribution in [2.24, 2.45) is 4.99 Å². The summed E-state index contributed by atoms with van der Waals surface area (Å²) in [4.78, 5) is 6.56. The van der Waals surface area contributed by atoms with E-state index in [0.717, 1.165) is 19.0 Å². The van der Waals surface area contributed by atoms with Gasteiger partial charge in [0.2, 0.25) is 0 Å². The van der Waals surface area contributed by atoms with E-state index < -0.39 is 0 Å². The van der Waals surface area contributed by atoms with Gasteiger partial charge in [-0.15, -0.1) is 0 Å². The van der Waals surface area contributed by atoms with Crippen LogP contribution in [-0.2, 0) is 13.0 Å². The van der Waals surface area contributed by atoms with Crippen LogP contribution in [0, 0.1) is 5.82 Å². The highest BCUT2D eigenvalue weighted by molar-refractivity contribution is 5.79. The van der Waals surface area contributed by atoms with Crippen LogP contribution in [0.5, 0.6) is 0 Å². The van der Waals surface area contributed by atoms with E-state index in [1.54, 1.807) is 13.1 Å². The van der Waals surface area contributed by atoms with Crippen molar-refractivity contribution >= 4 is 11.6 Å². The Morgan fingerprint density at radius 2 is 1.88 bits per heavy atom. The first-order valence-electron chi connectivity index (χ1n) is 8.93. The van der Waals surface area contributed by atoms with Crippen LogP contribution in [0.1, 0.15) is 11.1 Å². The van der Waals surface area contributed by atoms with E-state index in [1.807, 2.05) is 12.1 Å². The summed E-state index contributed by atoms with van der Waals surface area (Å²) in [6.45, 7) is 3.25. The number of nitrogens with one attached hydrogen (secondary N) is 2. The molecule has 0 aliphatic carbocycles. The first kappa shape index (κ1) is 18.0. The Kier molecular flexibility index (Phi) is 6.25. The molecule has 3 rings (SSSR count). The summed E-state index contributed by atoms with van der Waals surface area (Å²) in [5.41, 5.74) is 3.14. The lowest BCUT2D eigenvalue weighted by atomic mass is 10.1. The third kappa shape index (κ3) is 4.85. The summed E-state index contributed by atoms with van der Waals surface area (Å²) in [5, 5.41) is 6.55. The number of guanidine groups is 1. The van der Waals surface area contributed by atoms with Crippen molar-refractivity contribution in [1.29, 1.82) is 0 Å². The summed E-state index contributed by atoms with van der Waals surface area (Å²) in [6.07, 6.45) is 4.99. The number of rotatable bonds is 6. The molecule has 136 valence electrons. The van der Waals surface area contributed by atoms with E-state index in [-0.39, 0.29) is 5.82 Å². The van der Waals surface area contributed by atoms with Gasteiger partial charge >= 0.3 is 0 Å². The molecule has 0 fully saturated rings. The number of benzene rings is 2. The van der Waals surface area contributed by atoms with Crippen LogP contribution in [0.4, 0.5) is 10.1 Å². The average Bonchev–Trinajstić information content (AvgIpc) is 3.21. The summed E-state index contributed by atoms with van der Waals surface area (Å²) in [5.74, 6) is 0.556. The molecule has 0 radical (unpaired) electrons. The summed E-state index contributed by atoms with van der Waals surface area (Å²) in [6, 6.07) is 15.4. The quantitative estimate of drug-likeness (QED) is 0.477. The van der Waals surface area contributed by atoms with Gasteiger partial charge < -0.3 is 15.5 Å². The third-order valence-corrected chi connectivity index (χ3v) is 4.42. The molecule has 26 heavy (non-hydrogen) atoms. The van der Waals surface area contributed by atoms with Gasteiger partial charge in [0.05, 0.1) is 0 Å². The Morgan fingerprint density at radius 1 is 1.08 bits per heavy atom. The minimum Gasteiger partial charge on any atom is -0.364 e. The van der Waals surface area contributed by atoms with Crippen LogP contribution in [0.3, 0.4) is 0 Å². The lowest BCUT2D eigenvalue weighted by Crippen LogP contribution is -2.38. The second-order valence-electron chi connectivity index (χ2n) is 6.24. The Hall–Kier alpha value is -2.82. The molecule has 0 amide bonds. The van der Waals surface area contributed by atoms with E-state index >= 15 is 0 Å². The molecule has 2 aromatic carbocycles. The van der Waals surface area contributed by atoms with Crippen molar-refractivity contribution in [2.45, 2.75) is 13.0 Å². The molecule has 1 heterocycles. The van der Waals surface area contributed by atoms with Gasteiger partial charge in [-0.3, -0.25) is 4.99 Å². The molecule has 4 nitrogen and oxygen atoms in total. The monoisotopic (exact) mass is 352 g/mol. The van der Waals surface area contributed by atoms with Gasteiger partial charge in [0.25, 0.3) is 0 Å². The highest BCUT2D eigenvalue weighted by Crippen LogP contribution is 2.18. The van der Waals surface area contributed by atoms with Crippen molar-refractivity contribution in [2.75, 3.05) is 31.6 Å². The third-order valence-electron chi connectivity index (χ3n) is 4.42. The van der Waals surface area contributed by atoms with Crippen molar-refractivity contribution < 1.29 is 4.39 Å². The van der Waals surface area contributed by atoms with Gasteiger partial charge in [0.1, 0.15) is 5.82 Å². The van der Waals surface area contributed by atoms with Gasteiger partial charge in [-0.25, -0.2) is 4.39 Å². The number of anilines is 1. The van der Waals surface area contributed by atoms with Crippen molar-refractivity contribution in [1.82, 2.24) is 10.6 Å². The van der Waals surface area contributed by atoms with Crippen molar-refractivity contribution in [3.63, 3.8) is 0 Å². The molecule has 1 aliphatic heterocycles. The zero-order valence-corrected chi connectivity index (χ0v) is 15.1. The fraction of sp³-hybridized carbons (Fsp3) is 0.286. The molecule has 0 saturated heterocycles. The van der Waals surface area contributed by atoms with Gasteiger partial charge in [-0.1, -0.05) is 42.5 Å². The van der Waals surface area contributed by atoms with E-state index in [9.17, 15) is 4.39 Å². The first-order chi connectivity index (χ1) is 12.8. The Morgan fingerprint density at radius 3 is 2.65 bits per heavy atom. The molecule has 0 bridgehead atoms. The van der Waals surface area contributed by atoms with Crippen molar-refractivity contribution in [3.8, 4) is 0 Å². The minimum absolute atomic E-state index is 0.162. The highest BCUT2D eigenvalue weighted by atomic mass is 19.1. The van der Waals surface area contributed by atoms with Crippen LogP contribution < -0.4 is 15.5 Å². The summed E-state index contributed by atoms with van der Waals surface area (Å²) >= 11 is 0. The largest absolute Gasteiger partial charge is 0.364 e. The van der Waals surface area contributed by atoms with E-state index in [1.165, 1.54) is 17.3 Å². The van der Waals surface area contributed by atoms with Gasteiger partial charge in [-0.2, -0.15) is 0 Å². The number of halogens is 1.